The SMILES string of the molecule is Cc1cc(P=O)c(C)c(-c2ccc(O)cc2)c1C. The molecule has 0 aromatic heterocycles. The zero-order valence-corrected chi connectivity index (χ0v) is 11.6. The lowest BCUT2D eigenvalue weighted by atomic mass is 9.92. The molecule has 0 saturated carbocycles. The molecule has 0 bridgehead atoms. The van der Waals surface area contributed by atoms with E-state index in [0.717, 1.165) is 27.6 Å². The fraction of sp³-hybridized carbons (Fsp3) is 0.200. The molecule has 0 atom stereocenters. The van der Waals surface area contributed by atoms with Crippen LogP contribution in [0.25, 0.3) is 11.1 Å². The van der Waals surface area contributed by atoms with Gasteiger partial charge < -0.3 is 5.11 Å². The summed E-state index contributed by atoms with van der Waals surface area (Å²) in [6.07, 6.45) is 0. The summed E-state index contributed by atoms with van der Waals surface area (Å²) in [5, 5.41) is 10.2. The van der Waals surface area contributed by atoms with E-state index in [1.165, 1.54) is 5.56 Å². The molecule has 2 aromatic rings. The largest absolute Gasteiger partial charge is 0.508 e. The highest BCUT2D eigenvalue weighted by molar-refractivity contribution is 7.34. The number of aromatic hydroxyl groups is 1. The summed E-state index contributed by atoms with van der Waals surface area (Å²) >= 11 is 0. The third-order valence-corrected chi connectivity index (χ3v) is 3.99. The number of rotatable bonds is 2. The minimum atomic E-state index is 0.0460. The topological polar surface area (TPSA) is 37.3 Å². The minimum Gasteiger partial charge on any atom is -0.508 e. The molecule has 0 heterocycles. The van der Waals surface area contributed by atoms with Gasteiger partial charge in [0.15, 0.2) is 8.46 Å². The van der Waals surface area contributed by atoms with E-state index >= 15 is 0 Å². The van der Waals surface area contributed by atoms with E-state index in [9.17, 15) is 9.67 Å². The Morgan fingerprint density at radius 3 is 2.17 bits per heavy atom. The second-order valence-electron chi connectivity index (χ2n) is 4.48. The summed E-state index contributed by atoms with van der Waals surface area (Å²) in [7, 11) is 0.0460. The molecule has 0 saturated heterocycles. The lowest BCUT2D eigenvalue weighted by Gasteiger charge is -2.14. The maximum Gasteiger partial charge on any atom is 0.192 e. The zero-order chi connectivity index (χ0) is 13.3. The highest BCUT2D eigenvalue weighted by Crippen LogP contribution is 2.30. The number of hydrogen-bond donors (Lipinski definition) is 1. The molecule has 0 unspecified atom stereocenters. The fourth-order valence-corrected chi connectivity index (χ4v) is 2.68. The van der Waals surface area contributed by atoms with Crippen LogP contribution in [-0.2, 0) is 4.57 Å². The van der Waals surface area contributed by atoms with Crippen LogP contribution >= 0.6 is 8.46 Å². The standard InChI is InChI=1S/C15H15O2P/c1-9-8-14(18-17)11(3)15(10(9)2)12-4-6-13(16)7-5-12/h4-8,16H,1-3H3. The second-order valence-corrected chi connectivity index (χ2v) is 5.14. The van der Waals surface area contributed by atoms with Gasteiger partial charge in [0.2, 0.25) is 0 Å². The first-order valence-electron chi connectivity index (χ1n) is 5.78. The molecule has 1 N–H and O–H groups in total. The molecule has 2 rings (SSSR count). The van der Waals surface area contributed by atoms with Gasteiger partial charge in [-0.1, -0.05) is 12.1 Å². The molecule has 0 aliphatic carbocycles. The van der Waals surface area contributed by atoms with E-state index in [0.29, 0.717) is 0 Å². The van der Waals surface area contributed by atoms with Gasteiger partial charge in [0.1, 0.15) is 5.75 Å². The number of phenolic OH excluding ortho intramolecular Hbond substituents is 1. The van der Waals surface area contributed by atoms with Crippen molar-refractivity contribution in [3.63, 3.8) is 0 Å². The molecule has 92 valence electrons. The average Bonchev–Trinajstić information content (AvgIpc) is 2.36. The fourth-order valence-electron chi connectivity index (χ4n) is 2.18. The van der Waals surface area contributed by atoms with Gasteiger partial charge in [0.05, 0.1) is 0 Å². The van der Waals surface area contributed by atoms with Gasteiger partial charge >= 0.3 is 0 Å². The Bertz CT molecular complexity index is 601. The molecular weight excluding hydrogens is 243 g/mol. The van der Waals surface area contributed by atoms with Crippen LogP contribution in [0.2, 0.25) is 0 Å². The Hall–Kier alpha value is -1.66. The molecule has 18 heavy (non-hydrogen) atoms. The first kappa shape index (κ1) is 12.8. The maximum absolute atomic E-state index is 11.2. The van der Waals surface area contributed by atoms with Crippen molar-refractivity contribution in [1.29, 1.82) is 0 Å². The average molecular weight is 258 g/mol. The van der Waals surface area contributed by atoms with Crippen molar-refractivity contribution < 1.29 is 9.67 Å². The van der Waals surface area contributed by atoms with Crippen molar-refractivity contribution in [2.24, 2.45) is 0 Å². The maximum atomic E-state index is 11.2. The number of benzene rings is 2. The lowest BCUT2D eigenvalue weighted by Crippen LogP contribution is -2.04. The van der Waals surface area contributed by atoms with Crippen LogP contribution in [0.3, 0.4) is 0 Å². The molecule has 0 amide bonds. The van der Waals surface area contributed by atoms with Crippen molar-refractivity contribution in [1.82, 2.24) is 0 Å². The monoisotopic (exact) mass is 258 g/mol. The molecular formula is C15H15O2P. The summed E-state index contributed by atoms with van der Waals surface area (Å²) in [6.45, 7) is 6.07. The minimum absolute atomic E-state index is 0.0460. The van der Waals surface area contributed by atoms with Crippen LogP contribution in [0.5, 0.6) is 5.75 Å². The van der Waals surface area contributed by atoms with Crippen molar-refractivity contribution in [2.45, 2.75) is 20.8 Å². The zero-order valence-electron chi connectivity index (χ0n) is 10.7. The van der Waals surface area contributed by atoms with Gasteiger partial charge in [0.25, 0.3) is 0 Å². The molecule has 2 aromatic carbocycles. The Kier molecular flexibility index (Phi) is 3.49. The quantitative estimate of drug-likeness (QED) is 0.829. The summed E-state index contributed by atoms with van der Waals surface area (Å²) in [5.74, 6) is 0.254. The van der Waals surface area contributed by atoms with Gasteiger partial charge in [-0.05, 0) is 66.8 Å². The third kappa shape index (κ3) is 2.16. The predicted molar refractivity (Wildman–Crippen MR) is 75.0 cm³/mol. The van der Waals surface area contributed by atoms with E-state index < -0.39 is 0 Å². The van der Waals surface area contributed by atoms with Crippen LogP contribution in [0.15, 0.2) is 30.3 Å². The van der Waals surface area contributed by atoms with Crippen LogP contribution in [0.4, 0.5) is 0 Å². The van der Waals surface area contributed by atoms with Crippen molar-refractivity contribution in [2.75, 3.05) is 0 Å². The van der Waals surface area contributed by atoms with E-state index in [-0.39, 0.29) is 14.2 Å². The van der Waals surface area contributed by atoms with Gasteiger partial charge in [-0.25, -0.2) is 0 Å². The molecule has 0 aliphatic rings. The number of phenols is 1. The molecule has 0 radical (unpaired) electrons. The number of hydrogen-bond acceptors (Lipinski definition) is 2. The third-order valence-electron chi connectivity index (χ3n) is 3.33. The molecule has 2 nitrogen and oxygen atoms in total. The van der Waals surface area contributed by atoms with Crippen LogP contribution in [-0.4, -0.2) is 5.11 Å². The Morgan fingerprint density at radius 2 is 1.61 bits per heavy atom. The van der Waals surface area contributed by atoms with Gasteiger partial charge in [-0.3, -0.25) is 4.57 Å². The van der Waals surface area contributed by atoms with E-state index in [1.807, 2.05) is 32.0 Å². The van der Waals surface area contributed by atoms with Crippen molar-refractivity contribution in [3.05, 3.63) is 47.0 Å². The molecule has 0 fully saturated rings. The smallest absolute Gasteiger partial charge is 0.192 e. The summed E-state index contributed by atoms with van der Waals surface area (Å²) < 4.78 is 11.2. The second kappa shape index (κ2) is 4.91. The van der Waals surface area contributed by atoms with Gasteiger partial charge in [-0.15, -0.1) is 0 Å². The summed E-state index contributed by atoms with van der Waals surface area (Å²) in [6, 6.07) is 9.07. The lowest BCUT2D eigenvalue weighted by molar-refractivity contribution is 0.475. The predicted octanol–water partition coefficient (Wildman–Crippen LogP) is 3.90. The normalized spacial score (nSPS) is 10.8. The van der Waals surface area contributed by atoms with E-state index in [4.69, 9.17) is 0 Å². The highest BCUT2D eigenvalue weighted by atomic mass is 31.1. The van der Waals surface area contributed by atoms with Gasteiger partial charge in [0, 0.05) is 5.30 Å². The Labute approximate surface area is 108 Å². The summed E-state index contributed by atoms with van der Waals surface area (Å²) in [5.41, 5.74) is 5.48. The Morgan fingerprint density at radius 1 is 1.00 bits per heavy atom. The van der Waals surface area contributed by atoms with Crippen LogP contribution in [0, 0.1) is 20.8 Å². The van der Waals surface area contributed by atoms with Crippen LogP contribution < -0.4 is 5.30 Å². The summed E-state index contributed by atoms with van der Waals surface area (Å²) in [4.78, 5) is 0. The van der Waals surface area contributed by atoms with Crippen molar-refractivity contribution in [3.8, 4) is 16.9 Å². The first-order valence-corrected chi connectivity index (χ1v) is 6.59. The molecule has 0 spiro atoms. The van der Waals surface area contributed by atoms with E-state index in [2.05, 4.69) is 6.92 Å². The Balaban J connectivity index is 2.73. The molecule has 0 aliphatic heterocycles. The highest BCUT2D eigenvalue weighted by Gasteiger charge is 2.12. The first-order chi connectivity index (χ1) is 8.54. The number of aryl methyl sites for hydroxylation is 1. The molecule has 3 heteroatoms. The van der Waals surface area contributed by atoms with Crippen molar-refractivity contribution >= 4 is 13.8 Å². The van der Waals surface area contributed by atoms with Gasteiger partial charge in [-0.2, -0.15) is 0 Å². The van der Waals surface area contributed by atoms with Crippen LogP contribution in [0.1, 0.15) is 16.7 Å². The van der Waals surface area contributed by atoms with E-state index in [1.54, 1.807) is 12.1 Å².